The first-order valence-corrected chi connectivity index (χ1v) is 6.03. The zero-order chi connectivity index (χ0) is 12.4. The fraction of sp³-hybridized carbons (Fsp3) is 0.250. The average Bonchev–Trinajstić information content (AvgIpc) is 2.59. The van der Waals surface area contributed by atoms with E-state index >= 15 is 0 Å². The lowest BCUT2D eigenvalue weighted by Gasteiger charge is -2.05. The zero-order valence-corrected chi connectivity index (χ0v) is 11.3. The van der Waals surface area contributed by atoms with E-state index < -0.39 is 0 Å². The number of rotatable bonds is 3. The van der Waals surface area contributed by atoms with Crippen molar-refractivity contribution in [2.45, 2.75) is 13.5 Å². The molecule has 0 amide bonds. The number of aromatic nitrogens is 2. The molecule has 0 radical (unpaired) electrons. The van der Waals surface area contributed by atoms with Crippen LogP contribution in [-0.2, 0) is 13.6 Å². The summed E-state index contributed by atoms with van der Waals surface area (Å²) in [5.74, 6) is -0.244. The van der Waals surface area contributed by atoms with Crippen molar-refractivity contribution in [2.75, 3.05) is 5.32 Å². The molecule has 2 rings (SSSR count). The third-order valence-electron chi connectivity index (χ3n) is 2.48. The van der Waals surface area contributed by atoms with Crippen molar-refractivity contribution in [1.82, 2.24) is 9.78 Å². The van der Waals surface area contributed by atoms with E-state index in [0.717, 1.165) is 16.9 Å². The van der Waals surface area contributed by atoms with Crippen LogP contribution in [-0.4, -0.2) is 9.78 Å². The third-order valence-corrected chi connectivity index (χ3v) is 3.09. The molecule has 0 aliphatic carbocycles. The van der Waals surface area contributed by atoms with Gasteiger partial charge in [0.25, 0.3) is 0 Å². The van der Waals surface area contributed by atoms with E-state index in [9.17, 15) is 4.39 Å². The molecule has 0 bridgehead atoms. The third kappa shape index (κ3) is 2.85. The molecule has 17 heavy (non-hydrogen) atoms. The highest BCUT2D eigenvalue weighted by Gasteiger charge is 2.04. The van der Waals surface area contributed by atoms with Crippen LogP contribution in [0.4, 0.5) is 10.1 Å². The minimum Gasteiger partial charge on any atom is -0.378 e. The van der Waals surface area contributed by atoms with Gasteiger partial charge >= 0.3 is 0 Å². The van der Waals surface area contributed by atoms with Crippen LogP contribution in [0.2, 0.25) is 0 Å². The number of anilines is 1. The van der Waals surface area contributed by atoms with Crippen LogP contribution in [0.1, 0.15) is 11.3 Å². The Kier molecular flexibility index (Phi) is 3.47. The van der Waals surface area contributed by atoms with Crippen LogP contribution in [0.15, 0.2) is 28.9 Å². The van der Waals surface area contributed by atoms with E-state index in [2.05, 4.69) is 26.3 Å². The Morgan fingerprint density at radius 2 is 2.24 bits per heavy atom. The number of hydrogen-bond donors (Lipinski definition) is 1. The van der Waals surface area contributed by atoms with E-state index in [1.807, 2.05) is 20.2 Å². The zero-order valence-electron chi connectivity index (χ0n) is 9.67. The van der Waals surface area contributed by atoms with E-state index in [0.29, 0.717) is 11.0 Å². The Morgan fingerprint density at radius 3 is 2.82 bits per heavy atom. The average molecular weight is 298 g/mol. The molecule has 0 aliphatic rings. The standard InChI is InChI=1S/C12H13BrFN3/c1-8-12(7-17(2)16-8)15-6-9-3-4-11(14)10(13)5-9/h3-5,7,15H,6H2,1-2H3. The highest BCUT2D eigenvalue weighted by atomic mass is 79.9. The SMILES string of the molecule is Cc1nn(C)cc1NCc1ccc(F)c(Br)c1. The number of nitrogens with zero attached hydrogens (tertiary/aromatic N) is 2. The molecule has 0 saturated heterocycles. The van der Waals surface area contributed by atoms with Crippen LogP contribution in [0, 0.1) is 12.7 Å². The molecule has 0 unspecified atom stereocenters. The molecular weight excluding hydrogens is 285 g/mol. The molecule has 0 spiro atoms. The van der Waals surface area contributed by atoms with Gasteiger partial charge in [0.15, 0.2) is 0 Å². The summed E-state index contributed by atoms with van der Waals surface area (Å²) in [7, 11) is 1.88. The number of halogens is 2. The van der Waals surface area contributed by atoms with Crippen LogP contribution < -0.4 is 5.32 Å². The molecule has 0 aliphatic heterocycles. The van der Waals surface area contributed by atoms with Crippen molar-refractivity contribution in [3.63, 3.8) is 0 Å². The van der Waals surface area contributed by atoms with Crippen LogP contribution in [0.5, 0.6) is 0 Å². The highest BCUT2D eigenvalue weighted by molar-refractivity contribution is 9.10. The smallest absolute Gasteiger partial charge is 0.137 e. The summed E-state index contributed by atoms with van der Waals surface area (Å²) in [4.78, 5) is 0. The lowest BCUT2D eigenvalue weighted by atomic mass is 10.2. The summed E-state index contributed by atoms with van der Waals surface area (Å²) < 4.78 is 15.3. The Morgan fingerprint density at radius 1 is 1.47 bits per heavy atom. The molecular formula is C12H13BrFN3. The molecule has 5 heteroatoms. The van der Waals surface area contributed by atoms with E-state index in [1.54, 1.807) is 16.8 Å². The first-order valence-electron chi connectivity index (χ1n) is 5.24. The number of nitrogens with one attached hydrogen (secondary N) is 1. The normalized spacial score (nSPS) is 10.6. The molecule has 1 aromatic heterocycles. The van der Waals surface area contributed by atoms with Gasteiger partial charge in [-0.2, -0.15) is 5.10 Å². The van der Waals surface area contributed by atoms with E-state index in [1.165, 1.54) is 6.07 Å². The number of benzene rings is 1. The second-order valence-electron chi connectivity index (χ2n) is 3.90. The number of hydrogen-bond acceptors (Lipinski definition) is 2. The first kappa shape index (κ1) is 12.1. The summed E-state index contributed by atoms with van der Waals surface area (Å²) in [6.45, 7) is 2.59. The van der Waals surface area contributed by atoms with Gasteiger partial charge in [0.05, 0.1) is 15.9 Å². The molecule has 3 nitrogen and oxygen atoms in total. The molecule has 90 valence electrons. The summed E-state index contributed by atoms with van der Waals surface area (Å²) in [5.41, 5.74) is 2.96. The lowest BCUT2D eigenvalue weighted by Crippen LogP contribution is -2.00. The van der Waals surface area contributed by atoms with Gasteiger partial charge in [0, 0.05) is 19.8 Å². The van der Waals surface area contributed by atoms with Gasteiger partial charge in [-0.05, 0) is 40.5 Å². The van der Waals surface area contributed by atoms with Gasteiger partial charge in [0.2, 0.25) is 0 Å². The first-order chi connectivity index (χ1) is 8.06. The largest absolute Gasteiger partial charge is 0.378 e. The van der Waals surface area contributed by atoms with Crippen LogP contribution in [0.3, 0.4) is 0 Å². The Bertz CT molecular complexity index is 537. The summed E-state index contributed by atoms with van der Waals surface area (Å²) in [6.07, 6.45) is 1.92. The van der Waals surface area contributed by atoms with Crippen molar-refractivity contribution in [3.8, 4) is 0 Å². The van der Waals surface area contributed by atoms with Crippen molar-refractivity contribution < 1.29 is 4.39 Å². The van der Waals surface area contributed by atoms with Crippen molar-refractivity contribution in [3.05, 3.63) is 45.9 Å². The van der Waals surface area contributed by atoms with Gasteiger partial charge < -0.3 is 5.32 Å². The van der Waals surface area contributed by atoms with E-state index in [4.69, 9.17) is 0 Å². The molecule has 0 saturated carbocycles. The van der Waals surface area contributed by atoms with Gasteiger partial charge in [-0.3, -0.25) is 4.68 Å². The molecule has 0 fully saturated rings. The maximum absolute atomic E-state index is 13.0. The minimum absolute atomic E-state index is 0.244. The maximum atomic E-state index is 13.0. The summed E-state index contributed by atoms with van der Waals surface area (Å²) >= 11 is 3.17. The molecule has 1 N–H and O–H groups in total. The highest BCUT2D eigenvalue weighted by Crippen LogP contribution is 2.18. The Hall–Kier alpha value is -1.36. The summed E-state index contributed by atoms with van der Waals surface area (Å²) in [6, 6.07) is 4.99. The fourth-order valence-electron chi connectivity index (χ4n) is 1.62. The molecule has 2 aromatic rings. The van der Waals surface area contributed by atoms with Crippen LogP contribution in [0.25, 0.3) is 0 Å². The lowest BCUT2D eigenvalue weighted by molar-refractivity contribution is 0.620. The predicted molar refractivity (Wildman–Crippen MR) is 69.4 cm³/mol. The molecule has 1 aromatic carbocycles. The van der Waals surface area contributed by atoms with Gasteiger partial charge in [-0.15, -0.1) is 0 Å². The van der Waals surface area contributed by atoms with Gasteiger partial charge in [0.1, 0.15) is 5.82 Å². The summed E-state index contributed by atoms with van der Waals surface area (Å²) in [5, 5.41) is 7.51. The monoisotopic (exact) mass is 297 g/mol. The molecule has 0 atom stereocenters. The maximum Gasteiger partial charge on any atom is 0.137 e. The minimum atomic E-state index is -0.244. The van der Waals surface area contributed by atoms with E-state index in [-0.39, 0.29) is 5.82 Å². The molecule has 1 heterocycles. The topological polar surface area (TPSA) is 29.9 Å². The van der Waals surface area contributed by atoms with Crippen LogP contribution >= 0.6 is 15.9 Å². The van der Waals surface area contributed by atoms with Crippen molar-refractivity contribution >= 4 is 21.6 Å². The van der Waals surface area contributed by atoms with Crippen molar-refractivity contribution in [1.29, 1.82) is 0 Å². The fourth-order valence-corrected chi connectivity index (χ4v) is 2.05. The second-order valence-corrected chi connectivity index (χ2v) is 4.76. The van der Waals surface area contributed by atoms with Gasteiger partial charge in [-0.25, -0.2) is 4.39 Å². The Balaban J connectivity index is 2.07. The van der Waals surface area contributed by atoms with Crippen molar-refractivity contribution in [2.24, 2.45) is 7.05 Å². The quantitative estimate of drug-likeness (QED) is 0.942. The van der Waals surface area contributed by atoms with Gasteiger partial charge in [-0.1, -0.05) is 6.07 Å². The predicted octanol–water partition coefficient (Wildman–Crippen LogP) is 3.24. The Labute approximate surface area is 108 Å². The number of aryl methyl sites for hydroxylation is 2. The second kappa shape index (κ2) is 4.87.